The normalized spacial score (nSPS) is 11.3. The summed E-state index contributed by atoms with van der Waals surface area (Å²) < 4.78 is 29.8. The Kier molecular flexibility index (Phi) is 9.22. The van der Waals surface area contributed by atoms with Gasteiger partial charge >= 0.3 is 6.61 Å². The van der Waals surface area contributed by atoms with Gasteiger partial charge in [-0.05, 0) is 31.0 Å². The molecule has 1 aromatic heterocycles. The molecule has 0 amide bonds. The van der Waals surface area contributed by atoms with Gasteiger partial charge in [0.15, 0.2) is 5.96 Å². The summed E-state index contributed by atoms with van der Waals surface area (Å²) in [5.74, 6) is 0.748. The van der Waals surface area contributed by atoms with Crippen molar-refractivity contribution in [2.75, 3.05) is 13.6 Å². The fraction of sp³-hybridized carbons (Fsp3) is 0.273. The molecule has 0 atom stereocenters. The van der Waals surface area contributed by atoms with Gasteiger partial charge in [-0.1, -0.05) is 42.0 Å². The molecular formula is C22H25F2IN4O. The lowest BCUT2D eigenvalue weighted by Gasteiger charge is -2.15. The summed E-state index contributed by atoms with van der Waals surface area (Å²) in [7, 11) is 1.67. The van der Waals surface area contributed by atoms with Crippen LogP contribution in [0.15, 0.2) is 59.7 Å². The van der Waals surface area contributed by atoms with Gasteiger partial charge in [-0.15, -0.1) is 24.0 Å². The average molecular weight is 526 g/mol. The maximum Gasteiger partial charge on any atom is 0.387 e. The second-order valence-electron chi connectivity index (χ2n) is 6.58. The highest BCUT2D eigenvalue weighted by molar-refractivity contribution is 14.0. The number of pyridine rings is 1. The maximum atomic E-state index is 12.6. The van der Waals surface area contributed by atoms with Crippen molar-refractivity contribution >= 4 is 40.8 Å². The molecule has 30 heavy (non-hydrogen) atoms. The number of nitrogens with zero attached hydrogens (tertiary/aromatic N) is 2. The smallest absolute Gasteiger partial charge is 0.387 e. The number of guanidine groups is 1. The second-order valence-corrected chi connectivity index (χ2v) is 6.58. The van der Waals surface area contributed by atoms with Crippen molar-refractivity contribution in [3.8, 4) is 5.75 Å². The van der Waals surface area contributed by atoms with E-state index in [9.17, 15) is 8.78 Å². The lowest BCUT2D eigenvalue weighted by atomic mass is 10.1. The Balaban J connectivity index is 0.00000320. The topological polar surface area (TPSA) is 58.5 Å². The first-order valence-electron chi connectivity index (χ1n) is 9.38. The highest BCUT2D eigenvalue weighted by atomic mass is 127. The number of aliphatic imine (C=N–C) groups is 1. The van der Waals surface area contributed by atoms with Gasteiger partial charge in [0.25, 0.3) is 0 Å². The third-order valence-corrected chi connectivity index (χ3v) is 4.50. The molecule has 3 rings (SSSR count). The molecule has 0 fully saturated rings. The SMILES string of the molecule is CN=C(NCCc1cccc2cccnc12)NCc1cc(C)ccc1OC(F)F.I. The average Bonchev–Trinajstić information content (AvgIpc) is 2.72. The van der Waals surface area contributed by atoms with E-state index in [0.29, 0.717) is 24.6 Å². The fourth-order valence-electron chi connectivity index (χ4n) is 3.14. The van der Waals surface area contributed by atoms with Crippen LogP contribution in [0.3, 0.4) is 0 Å². The first kappa shape index (κ1) is 23.8. The number of aryl methyl sites for hydroxylation is 1. The first-order valence-corrected chi connectivity index (χ1v) is 9.38. The van der Waals surface area contributed by atoms with E-state index in [-0.39, 0.29) is 29.7 Å². The summed E-state index contributed by atoms with van der Waals surface area (Å²) in [6.45, 7) is 0.0206. The molecule has 0 radical (unpaired) electrons. The van der Waals surface area contributed by atoms with E-state index in [4.69, 9.17) is 0 Å². The zero-order valence-corrected chi connectivity index (χ0v) is 19.2. The molecule has 0 saturated heterocycles. The summed E-state index contributed by atoms with van der Waals surface area (Å²) >= 11 is 0. The summed E-state index contributed by atoms with van der Waals surface area (Å²) in [5, 5.41) is 7.51. The zero-order valence-electron chi connectivity index (χ0n) is 16.9. The molecule has 2 N–H and O–H groups in total. The number of para-hydroxylation sites is 1. The minimum absolute atomic E-state index is 0. The highest BCUT2D eigenvalue weighted by Crippen LogP contribution is 2.22. The zero-order chi connectivity index (χ0) is 20.6. The minimum atomic E-state index is -2.86. The Hall–Kier alpha value is -2.49. The molecule has 0 spiro atoms. The molecule has 0 aliphatic carbocycles. The molecule has 160 valence electrons. The summed E-state index contributed by atoms with van der Waals surface area (Å²) in [4.78, 5) is 8.67. The number of aromatic nitrogens is 1. The Labute approximate surface area is 192 Å². The number of halogens is 3. The predicted octanol–water partition coefficient (Wildman–Crippen LogP) is 4.67. The molecule has 1 heterocycles. The van der Waals surface area contributed by atoms with Crippen molar-refractivity contribution in [1.29, 1.82) is 0 Å². The number of benzene rings is 2. The molecular weight excluding hydrogens is 501 g/mol. The van der Waals surface area contributed by atoms with Gasteiger partial charge < -0.3 is 15.4 Å². The van der Waals surface area contributed by atoms with Crippen molar-refractivity contribution in [1.82, 2.24) is 15.6 Å². The van der Waals surface area contributed by atoms with Gasteiger partial charge in [-0.2, -0.15) is 8.78 Å². The Morgan fingerprint density at radius 2 is 1.90 bits per heavy atom. The van der Waals surface area contributed by atoms with Crippen LogP contribution in [0, 0.1) is 6.92 Å². The van der Waals surface area contributed by atoms with E-state index >= 15 is 0 Å². The number of hydrogen-bond donors (Lipinski definition) is 2. The van der Waals surface area contributed by atoms with Gasteiger partial charge in [0.05, 0.1) is 5.52 Å². The monoisotopic (exact) mass is 526 g/mol. The van der Waals surface area contributed by atoms with Crippen LogP contribution < -0.4 is 15.4 Å². The molecule has 0 unspecified atom stereocenters. The number of nitrogens with one attached hydrogen (secondary N) is 2. The van der Waals surface area contributed by atoms with E-state index < -0.39 is 6.61 Å². The number of ether oxygens (including phenoxy) is 1. The van der Waals surface area contributed by atoms with Crippen LogP contribution in [-0.4, -0.2) is 31.1 Å². The number of fused-ring (bicyclic) bond motifs is 1. The molecule has 2 aromatic carbocycles. The van der Waals surface area contributed by atoms with Crippen LogP contribution in [-0.2, 0) is 13.0 Å². The largest absolute Gasteiger partial charge is 0.434 e. The van der Waals surface area contributed by atoms with Crippen LogP contribution in [0.4, 0.5) is 8.78 Å². The Bertz CT molecular complexity index is 993. The van der Waals surface area contributed by atoms with Gasteiger partial charge in [0.1, 0.15) is 5.75 Å². The van der Waals surface area contributed by atoms with E-state index in [1.807, 2.05) is 37.3 Å². The fourth-order valence-corrected chi connectivity index (χ4v) is 3.14. The van der Waals surface area contributed by atoms with Crippen LogP contribution in [0.2, 0.25) is 0 Å². The van der Waals surface area contributed by atoms with Crippen molar-refractivity contribution in [3.63, 3.8) is 0 Å². The molecule has 0 bridgehead atoms. The Morgan fingerprint density at radius 3 is 2.67 bits per heavy atom. The Morgan fingerprint density at radius 1 is 1.10 bits per heavy atom. The molecule has 8 heteroatoms. The maximum absolute atomic E-state index is 12.6. The minimum Gasteiger partial charge on any atom is -0.434 e. The summed E-state index contributed by atoms with van der Waals surface area (Å²) in [5.41, 5.74) is 3.76. The van der Waals surface area contributed by atoms with Crippen LogP contribution >= 0.6 is 24.0 Å². The predicted molar refractivity (Wildman–Crippen MR) is 127 cm³/mol. The van der Waals surface area contributed by atoms with Crippen molar-refractivity contribution in [2.24, 2.45) is 4.99 Å². The van der Waals surface area contributed by atoms with Crippen LogP contribution in [0.1, 0.15) is 16.7 Å². The highest BCUT2D eigenvalue weighted by Gasteiger charge is 2.10. The molecule has 0 saturated carbocycles. The number of alkyl halides is 2. The van der Waals surface area contributed by atoms with Crippen molar-refractivity contribution < 1.29 is 13.5 Å². The standard InChI is InChI=1S/C22H24F2N4O.HI/c1-15-8-9-19(29-21(23)24)18(13-15)14-28-22(25-2)27-12-10-17-6-3-5-16-7-4-11-26-20(16)17;/h3-9,11,13,21H,10,12,14H2,1-2H3,(H2,25,27,28);1H. The van der Waals surface area contributed by atoms with Gasteiger partial charge in [0, 0.05) is 37.3 Å². The quantitative estimate of drug-likeness (QED) is 0.267. The third kappa shape index (κ3) is 6.51. The molecule has 5 nitrogen and oxygen atoms in total. The summed E-state index contributed by atoms with van der Waals surface area (Å²) in [6, 6.07) is 15.2. The van der Waals surface area contributed by atoms with E-state index in [1.165, 1.54) is 0 Å². The van der Waals surface area contributed by atoms with Crippen molar-refractivity contribution in [3.05, 3.63) is 71.4 Å². The second kappa shape index (κ2) is 11.6. The number of rotatable bonds is 7. The third-order valence-electron chi connectivity index (χ3n) is 4.50. The molecule has 0 aliphatic heterocycles. The van der Waals surface area contributed by atoms with E-state index in [2.05, 4.69) is 31.4 Å². The van der Waals surface area contributed by atoms with Crippen LogP contribution in [0.5, 0.6) is 5.75 Å². The number of hydrogen-bond acceptors (Lipinski definition) is 3. The van der Waals surface area contributed by atoms with Gasteiger partial charge in [0.2, 0.25) is 0 Å². The van der Waals surface area contributed by atoms with Crippen molar-refractivity contribution in [2.45, 2.75) is 26.5 Å². The first-order chi connectivity index (χ1) is 14.1. The van der Waals surface area contributed by atoms with Gasteiger partial charge in [-0.3, -0.25) is 9.98 Å². The lowest BCUT2D eigenvalue weighted by Crippen LogP contribution is -2.38. The lowest BCUT2D eigenvalue weighted by molar-refractivity contribution is -0.0504. The molecule has 3 aromatic rings. The van der Waals surface area contributed by atoms with Crippen LogP contribution in [0.25, 0.3) is 10.9 Å². The summed E-state index contributed by atoms with van der Waals surface area (Å²) in [6.07, 6.45) is 2.57. The van der Waals surface area contributed by atoms with Gasteiger partial charge in [-0.25, -0.2) is 0 Å². The molecule has 0 aliphatic rings. The van der Waals surface area contributed by atoms with E-state index in [1.54, 1.807) is 25.4 Å². The van der Waals surface area contributed by atoms with E-state index in [0.717, 1.165) is 28.5 Å².